The summed E-state index contributed by atoms with van der Waals surface area (Å²) in [5.41, 5.74) is 7.03. The fourth-order valence-electron chi connectivity index (χ4n) is 2.38. The number of rotatable bonds is 2. The average molecular weight is 287 g/mol. The number of aryl methyl sites for hydroxylation is 1. The normalized spacial score (nSPS) is 18.7. The van der Waals surface area contributed by atoms with Crippen molar-refractivity contribution in [2.24, 2.45) is 7.05 Å². The highest BCUT2D eigenvalue weighted by atomic mass is 16.5. The lowest BCUT2D eigenvalue weighted by Crippen LogP contribution is -2.42. The van der Waals surface area contributed by atoms with Crippen molar-refractivity contribution in [2.75, 3.05) is 25.4 Å². The molecule has 2 N–H and O–H groups in total. The van der Waals surface area contributed by atoms with E-state index < -0.39 is 0 Å². The number of hydrogen-bond acceptors (Lipinski definition) is 5. The molecule has 0 aromatic carbocycles. The first-order chi connectivity index (χ1) is 10.1. The van der Waals surface area contributed by atoms with Crippen LogP contribution in [-0.2, 0) is 11.8 Å². The molecule has 2 aromatic heterocycles. The summed E-state index contributed by atoms with van der Waals surface area (Å²) in [4.78, 5) is 18.5. The van der Waals surface area contributed by atoms with Crippen LogP contribution < -0.4 is 5.73 Å². The van der Waals surface area contributed by atoms with Gasteiger partial charge in [-0.05, 0) is 12.1 Å². The van der Waals surface area contributed by atoms with Crippen LogP contribution in [0.4, 0.5) is 5.82 Å². The molecule has 2 aromatic rings. The SMILES string of the molecule is Cn1cc(C(=O)N2CCO[C@H](c3cccc(N)n3)C2)cn1. The number of carbonyl (C=O) groups excluding carboxylic acids is 1. The Morgan fingerprint density at radius 3 is 3.05 bits per heavy atom. The minimum atomic E-state index is -0.247. The summed E-state index contributed by atoms with van der Waals surface area (Å²) in [5, 5.41) is 4.03. The number of aromatic nitrogens is 3. The standard InChI is InChI=1S/C14H17N5O2/c1-18-8-10(7-16-18)14(20)19-5-6-21-12(9-19)11-3-2-4-13(15)17-11/h2-4,7-8,12H,5-6,9H2,1H3,(H2,15,17)/t12-/m0/s1. The van der Waals surface area contributed by atoms with E-state index in [0.29, 0.717) is 31.1 Å². The fraction of sp³-hybridized carbons (Fsp3) is 0.357. The van der Waals surface area contributed by atoms with E-state index in [1.165, 1.54) is 0 Å². The monoisotopic (exact) mass is 287 g/mol. The van der Waals surface area contributed by atoms with E-state index in [2.05, 4.69) is 10.1 Å². The van der Waals surface area contributed by atoms with Crippen molar-refractivity contribution in [3.05, 3.63) is 41.9 Å². The summed E-state index contributed by atoms with van der Waals surface area (Å²) in [6.45, 7) is 1.50. The first-order valence-electron chi connectivity index (χ1n) is 6.75. The number of carbonyl (C=O) groups is 1. The van der Waals surface area contributed by atoms with E-state index in [9.17, 15) is 4.79 Å². The van der Waals surface area contributed by atoms with Crippen molar-refractivity contribution in [1.82, 2.24) is 19.7 Å². The molecule has 1 aliphatic heterocycles. The molecule has 1 saturated heterocycles. The molecule has 0 saturated carbocycles. The Bertz CT molecular complexity index is 654. The molecule has 1 amide bonds. The van der Waals surface area contributed by atoms with Crippen LogP contribution in [0.5, 0.6) is 0 Å². The maximum Gasteiger partial charge on any atom is 0.257 e. The number of anilines is 1. The summed E-state index contributed by atoms with van der Waals surface area (Å²) >= 11 is 0. The summed E-state index contributed by atoms with van der Waals surface area (Å²) in [7, 11) is 1.79. The predicted octanol–water partition coefficient (Wildman–Crippen LogP) is 0.611. The lowest BCUT2D eigenvalue weighted by Gasteiger charge is -2.32. The zero-order chi connectivity index (χ0) is 14.8. The van der Waals surface area contributed by atoms with Crippen LogP contribution in [0, 0.1) is 0 Å². The summed E-state index contributed by atoms with van der Waals surface area (Å²) in [5.74, 6) is 0.409. The molecule has 1 fully saturated rings. The van der Waals surface area contributed by atoms with Gasteiger partial charge in [0.05, 0.1) is 30.6 Å². The molecule has 21 heavy (non-hydrogen) atoms. The van der Waals surface area contributed by atoms with Crippen molar-refractivity contribution in [2.45, 2.75) is 6.10 Å². The van der Waals surface area contributed by atoms with Crippen LogP contribution in [0.3, 0.4) is 0 Å². The predicted molar refractivity (Wildman–Crippen MR) is 76.5 cm³/mol. The van der Waals surface area contributed by atoms with Crippen molar-refractivity contribution in [3.63, 3.8) is 0 Å². The van der Waals surface area contributed by atoms with Crippen LogP contribution >= 0.6 is 0 Å². The zero-order valence-electron chi connectivity index (χ0n) is 11.8. The molecule has 0 spiro atoms. The molecule has 110 valence electrons. The first-order valence-corrected chi connectivity index (χ1v) is 6.75. The lowest BCUT2D eigenvalue weighted by molar-refractivity contribution is -0.0246. The van der Waals surface area contributed by atoms with Gasteiger partial charge in [0, 0.05) is 19.8 Å². The third-order valence-electron chi connectivity index (χ3n) is 3.43. The van der Waals surface area contributed by atoms with Gasteiger partial charge in [0.2, 0.25) is 0 Å². The van der Waals surface area contributed by atoms with Crippen LogP contribution in [0.1, 0.15) is 22.2 Å². The highest BCUT2D eigenvalue weighted by Crippen LogP contribution is 2.22. The van der Waals surface area contributed by atoms with Gasteiger partial charge in [-0.25, -0.2) is 4.98 Å². The Balaban J connectivity index is 1.75. The number of pyridine rings is 1. The molecule has 3 rings (SSSR count). The number of nitrogens with zero attached hydrogens (tertiary/aromatic N) is 4. The van der Waals surface area contributed by atoms with Crippen LogP contribution in [0.25, 0.3) is 0 Å². The second kappa shape index (κ2) is 5.53. The van der Waals surface area contributed by atoms with Gasteiger partial charge in [-0.15, -0.1) is 0 Å². The van der Waals surface area contributed by atoms with E-state index in [-0.39, 0.29) is 12.0 Å². The number of nitrogen functional groups attached to an aromatic ring is 1. The highest BCUT2D eigenvalue weighted by Gasteiger charge is 2.27. The molecule has 0 unspecified atom stereocenters. The van der Waals surface area contributed by atoms with Crippen LogP contribution in [0.2, 0.25) is 0 Å². The van der Waals surface area contributed by atoms with Gasteiger partial charge in [0.1, 0.15) is 11.9 Å². The van der Waals surface area contributed by atoms with Gasteiger partial charge >= 0.3 is 0 Å². The molecule has 1 aliphatic rings. The molecule has 3 heterocycles. The quantitative estimate of drug-likeness (QED) is 0.874. The Morgan fingerprint density at radius 1 is 1.48 bits per heavy atom. The number of hydrogen-bond donors (Lipinski definition) is 1. The Kier molecular flexibility index (Phi) is 3.57. The van der Waals surface area contributed by atoms with E-state index in [4.69, 9.17) is 10.5 Å². The van der Waals surface area contributed by atoms with Crippen LogP contribution in [-0.4, -0.2) is 45.3 Å². The van der Waals surface area contributed by atoms with Gasteiger partial charge in [0.15, 0.2) is 0 Å². The molecule has 7 heteroatoms. The maximum absolute atomic E-state index is 12.4. The van der Waals surface area contributed by atoms with E-state index in [1.807, 2.05) is 12.1 Å². The third-order valence-corrected chi connectivity index (χ3v) is 3.43. The van der Waals surface area contributed by atoms with Crippen molar-refractivity contribution in [1.29, 1.82) is 0 Å². The van der Waals surface area contributed by atoms with Gasteiger partial charge in [-0.1, -0.05) is 6.07 Å². The number of morpholine rings is 1. The van der Waals surface area contributed by atoms with Gasteiger partial charge in [-0.3, -0.25) is 9.48 Å². The summed E-state index contributed by atoms with van der Waals surface area (Å²) in [6.07, 6.45) is 3.04. The fourth-order valence-corrected chi connectivity index (χ4v) is 2.38. The van der Waals surface area contributed by atoms with Gasteiger partial charge < -0.3 is 15.4 Å². The lowest BCUT2D eigenvalue weighted by atomic mass is 10.1. The van der Waals surface area contributed by atoms with Gasteiger partial charge in [-0.2, -0.15) is 5.10 Å². The van der Waals surface area contributed by atoms with Crippen molar-refractivity contribution >= 4 is 11.7 Å². The zero-order valence-corrected chi connectivity index (χ0v) is 11.8. The summed E-state index contributed by atoms with van der Waals surface area (Å²) in [6, 6.07) is 5.42. The Labute approximate surface area is 122 Å². The second-order valence-corrected chi connectivity index (χ2v) is 5.00. The highest BCUT2D eigenvalue weighted by molar-refractivity contribution is 5.93. The molecule has 0 radical (unpaired) electrons. The van der Waals surface area contributed by atoms with E-state index >= 15 is 0 Å². The average Bonchev–Trinajstić information content (AvgIpc) is 2.93. The Hall–Kier alpha value is -2.41. The molecule has 0 bridgehead atoms. The Morgan fingerprint density at radius 2 is 2.33 bits per heavy atom. The van der Waals surface area contributed by atoms with Crippen molar-refractivity contribution in [3.8, 4) is 0 Å². The van der Waals surface area contributed by atoms with Crippen LogP contribution in [0.15, 0.2) is 30.6 Å². The largest absolute Gasteiger partial charge is 0.384 e. The third kappa shape index (κ3) is 2.87. The maximum atomic E-state index is 12.4. The number of ether oxygens (including phenoxy) is 1. The summed E-state index contributed by atoms with van der Waals surface area (Å²) < 4.78 is 7.32. The van der Waals surface area contributed by atoms with E-state index in [1.54, 1.807) is 35.1 Å². The number of amides is 1. The smallest absolute Gasteiger partial charge is 0.257 e. The topological polar surface area (TPSA) is 86.3 Å². The minimum absolute atomic E-state index is 0.0414. The molecule has 1 atom stereocenters. The second-order valence-electron chi connectivity index (χ2n) is 5.00. The first kappa shape index (κ1) is 13.6. The molecule has 7 nitrogen and oxygen atoms in total. The molecular formula is C14H17N5O2. The van der Waals surface area contributed by atoms with E-state index in [0.717, 1.165) is 5.69 Å². The van der Waals surface area contributed by atoms with Gasteiger partial charge in [0.25, 0.3) is 5.91 Å². The minimum Gasteiger partial charge on any atom is -0.384 e. The molecular weight excluding hydrogens is 270 g/mol. The van der Waals surface area contributed by atoms with Crippen molar-refractivity contribution < 1.29 is 9.53 Å². The molecule has 0 aliphatic carbocycles. The number of nitrogens with two attached hydrogens (primary N) is 1.